The predicted molar refractivity (Wildman–Crippen MR) is 111 cm³/mol. The maximum absolute atomic E-state index is 12.1. The van der Waals surface area contributed by atoms with Gasteiger partial charge in [0.2, 0.25) is 0 Å². The molecule has 0 saturated carbocycles. The van der Waals surface area contributed by atoms with E-state index in [-0.39, 0.29) is 17.7 Å². The summed E-state index contributed by atoms with van der Waals surface area (Å²) in [5.41, 5.74) is 1.72. The molecule has 27 heavy (non-hydrogen) atoms. The fraction of sp³-hybridized carbons (Fsp3) is 0.579. The number of hydrogen-bond donors (Lipinski definition) is 2. The van der Waals surface area contributed by atoms with E-state index in [1.807, 2.05) is 38.1 Å². The Balaban J connectivity index is 2.65. The molecule has 0 radical (unpaired) electrons. The number of amides is 1. The molecular formula is C19H32N4O3S. The van der Waals surface area contributed by atoms with Gasteiger partial charge in [-0.1, -0.05) is 12.1 Å². The van der Waals surface area contributed by atoms with Crippen LogP contribution in [0, 0.1) is 0 Å². The Morgan fingerprint density at radius 3 is 2.59 bits per heavy atom. The average Bonchev–Trinajstić information content (AvgIpc) is 2.59. The van der Waals surface area contributed by atoms with Crippen LogP contribution >= 0.6 is 0 Å². The van der Waals surface area contributed by atoms with E-state index in [0.29, 0.717) is 30.9 Å². The van der Waals surface area contributed by atoms with Crippen LogP contribution in [-0.2, 0) is 16.3 Å². The highest BCUT2D eigenvalue weighted by Gasteiger charge is 2.10. The highest BCUT2D eigenvalue weighted by Crippen LogP contribution is 2.08. The first-order valence-corrected chi connectivity index (χ1v) is 11.2. The van der Waals surface area contributed by atoms with E-state index in [0.717, 1.165) is 12.1 Å². The first kappa shape index (κ1) is 23.0. The molecule has 0 saturated heterocycles. The number of carbonyl (C=O) groups excluding carboxylic acids is 1. The van der Waals surface area contributed by atoms with Gasteiger partial charge in [-0.2, -0.15) is 0 Å². The number of nitrogens with one attached hydrogen (secondary N) is 2. The number of guanidine groups is 1. The molecule has 1 aromatic rings. The van der Waals surface area contributed by atoms with Crippen LogP contribution in [0.5, 0.6) is 0 Å². The fourth-order valence-electron chi connectivity index (χ4n) is 2.43. The molecule has 8 heteroatoms. The van der Waals surface area contributed by atoms with Gasteiger partial charge in [0, 0.05) is 45.0 Å². The molecule has 0 aliphatic rings. The molecule has 0 aromatic heterocycles. The fourth-order valence-corrected chi connectivity index (χ4v) is 3.21. The quantitative estimate of drug-likeness (QED) is 0.485. The third-order valence-electron chi connectivity index (χ3n) is 3.90. The Kier molecular flexibility index (Phi) is 9.28. The Morgan fingerprint density at radius 2 is 2.00 bits per heavy atom. The van der Waals surface area contributed by atoms with Crippen molar-refractivity contribution in [3.05, 3.63) is 35.4 Å². The van der Waals surface area contributed by atoms with Gasteiger partial charge >= 0.3 is 0 Å². The second-order valence-electron chi connectivity index (χ2n) is 6.87. The molecule has 0 bridgehead atoms. The standard InChI is InChI=1S/C19H32N4O3S/c1-6-20-19(22-15(2)11-13-27(5,25)26)21-12-10-16-8-7-9-17(14-16)18(24)23(3)4/h7-9,14-15H,6,10-13H2,1-5H3,(H2,20,21,22). The summed E-state index contributed by atoms with van der Waals surface area (Å²) in [6.07, 6.45) is 2.48. The van der Waals surface area contributed by atoms with Gasteiger partial charge in [0.15, 0.2) is 5.96 Å². The smallest absolute Gasteiger partial charge is 0.253 e. The summed E-state index contributed by atoms with van der Waals surface area (Å²) in [5, 5.41) is 6.41. The summed E-state index contributed by atoms with van der Waals surface area (Å²) in [7, 11) is 0.501. The van der Waals surface area contributed by atoms with Gasteiger partial charge in [-0.25, -0.2) is 8.42 Å². The molecule has 7 nitrogen and oxygen atoms in total. The Hall–Kier alpha value is -2.09. The molecule has 2 N–H and O–H groups in total. The van der Waals surface area contributed by atoms with Crippen molar-refractivity contribution in [1.29, 1.82) is 0 Å². The van der Waals surface area contributed by atoms with Crippen LogP contribution in [-0.4, -0.2) is 70.4 Å². The minimum atomic E-state index is -2.97. The van der Waals surface area contributed by atoms with E-state index >= 15 is 0 Å². The predicted octanol–water partition coefficient (Wildman–Crippen LogP) is 1.31. The van der Waals surface area contributed by atoms with Gasteiger partial charge in [-0.3, -0.25) is 9.79 Å². The molecule has 152 valence electrons. The number of hydrogen-bond acceptors (Lipinski definition) is 4. The first-order chi connectivity index (χ1) is 12.6. The Labute approximate surface area is 163 Å². The molecule has 1 rings (SSSR count). The lowest BCUT2D eigenvalue weighted by molar-refractivity contribution is 0.0827. The number of sulfone groups is 1. The highest BCUT2D eigenvalue weighted by atomic mass is 32.2. The zero-order valence-electron chi connectivity index (χ0n) is 16.9. The maximum Gasteiger partial charge on any atom is 0.253 e. The number of nitrogens with zero attached hydrogens (tertiary/aromatic N) is 2. The van der Waals surface area contributed by atoms with E-state index in [2.05, 4.69) is 15.6 Å². The van der Waals surface area contributed by atoms with Gasteiger partial charge in [0.25, 0.3) is 5.91 Å². The zero-order valence-corrected chi connectivity index (χ0v) is 17.8. The molecule has 0 heterocycles. The van der Waals surface area contributed by atoms with Crippen LogP contribution in [0.4, 0.5) is 0 Å². The first-order valence-electron chi connectivity index (χ1n) is 9.15. The molecule has 1 aromatic carbocycles. The van der Waals surface area contributed by atoms with E-state index in [9.17, 15) is 13.2 Å². The topological polar surface area (TPSA) is 90.9 Å². The van der Waals surface area contributed by atoms with Gasteiger partial charge in [-0.15, -0.1) is 0 Å². The summed E-state index contributed by atoms with van der Waals surface area (Å²) in [6, 6.07) is 7.57. The third kappa shape index (κ3) is 9.42. The summed E-state index contributed by atoms with van der Waals surface area (Å²) in [4.78, 5) is 18.2. The van der Waals surface area contributed by atoms with Crippen molar-refractivity contribution in [2.75, 3.05) is 39.2 Å². The lowest BCUT2D eigenvalue weighted by Gasteiger charge is -2.17. The van der Waals surface area contributed by atoms with E-state index in [1.54, 1.807) is 19.0 Å². The van der Waals surface area contributed by atoms with Gasteiger partial charge in [-0.05, 0) is 44.4 Å². The molecule has 1 amide bonds. The summed E-state index contributed by atoms with van der Waals surface area (Å²) < 4.78 is 22.6. The summed E-state index contributed by atoms with van der Waals surface area (Å²) in [5.74, 6) is 0.793. The van der Waals surface area contributed by atoms with Crippen molar-refractivity contribution in [2.45, 2.75) is 32.7 Å². The lowest BCUT2D eigenvalue weighted by Crippen LogP contribution is -2.43. The molecule has 0 fully saturated rings. The van der Waals surface area contributed by atoms with Crippen molar-refractivity contribution in [3.63, 3.8) is 0 Å². The van der Waals surface area contributed by atoms with Crippen LogP contribution in [0.3, 0.4) is 0 Å². The van der Waals surface area contributed by atoms with Crippen molar-refractivity contribution in [3.8, 4) is 0 Å². The van der Waals surface area contributed by atoms with Crippen molar-refractivity contribution in [2.24, 2.45) is 4.99 Å². The van der Waals surface area contributed by atoms with Crippen LogP contribution in [0.2, 0.25) is 0 Å². The molecular weight excluding hydrogens is 364 g/mol. The minimum Gasteiger partial charge on any atom is -0.357 e. The second kappa shape index (κ2) is 10.9. The number of benzene rings is 1. The SMILES string of the molecule is CCNC(=NCCc1cccc(C(=O)N(C)C)c1)NC(C)CCS(C)(=O)=O. The summed E-state index contributed by atoms with van der Waals surface area (Å²) in [6.45, 7) is 5.20. The van der Waals surface area contributed by atoms with Crippen LogP contribution in [0.15, 0.2) is 29.3 Å². The molecule has 1 atom stereocenters. The Morgan fingerprint density at radius 1 is 1.30 bits per heavy atom. The molecule has 0 spiro atoms. The van der Waals surface area contributed by atoms with Crippen LogP contribution < -0.4 is 10.6 Å². The minimum absolute atomic E-state index is 0.00133. The molecule has 0 aliphatic heterocycles. The van der Waals surface area contributed by atoms with Crippen molar-refractivity contribution in [1.82, 2.24) is 15.5 Å². The zero-order chi connectivity index (χ0) is 20.4. The lowest BCUT2D eigenvalue weighted by atomic mass is 10.1. The van der Waals surface area contributed by atoms with Crippen molar-refractivity contribution >= 4 is 21.7 Å². The second-order valence-corrected chi connectivity index (χ2v) is 9.13. The van der Waals surface area contributed by atoms with Crippen molar-refractivity contribution < 1.29 is 13.2 Å². The van der Waals surface area contributed by atoms with E-state index < -0.39 is 9.84 Å². The van der Waals surface area contributed by atoms with E-state index in [4.69, 9.17) is 0 Å². The molecule has 1 unspecified atom stereocenters. The number of rotatable bonds is 9. The van der Waals surface area contributed by atoms with E-state index in [1.165, 1.54) is 6.26 Å². The average molecular weight is 397 g/mol. The highest BCUT2D eigenvalue weighted by molar-refractivity contribution is 7.90. The van der Waals surface area contributed by atoms with Crippen LogP contribution in [0.1, 0.15) is 36.2 Å². The normalized spacial score (nSPS) is 13.1. The third-order valence-corrected chi connectivity index (χ3v) is 4.88. The number of aliphatic imine (C=N–C) groups is 1. The van der Waals surface area contributed by atoms with Gasteiger partial charge in [0.05, 0.1) is 5.75 Å². The summed E-state index contributed by atoms with van der Waals surface area (Å²) >= 11 is 0. The van der Waals surface area contributed by atoms with Gasteiger partial charge in [0.1, 0.15) is 9.84 Å². The Bertz CT molecular complexity index is 745. The maximum atomic E-state index is 12.1. The number of carbonyl (C=O) groups is 1. The van der Waals surface area contributed by atoms with Crippen LogP contribution in [0.25, 0.3) is 0 Å². The monoisotopic (exact) mass is 396 g/mol. The molecule has 0 aliphatic carbocycles. The largest absolute Gasteiger partial charge is 0.357 e. The van der Waals surface area contributed by atoms with Gasteiger partial charge < -0.3 is 15.5 Å².